The maximum Gasteiger partial charge on any atom is 0.138 e. The Labute approximate surface area is 135 Å². The highest BCUT2D eigenvalue weighted by atomic mass is 79.9. The molecule has 2 atom stereocenters. The standard InChI is InChI=1S/C15H20ClN3.BrH/c1-11-4-3-5-12(2)19(11)10-14-9-18-7-6-13(16)8-15(18)17-14;/h6-9,11-12H,3-5,10H2,1-2H3;1H. The minimum absolute atomic E-state index is 0. The predicted octanol–water partition coefficient (Wildman–Crippen LogP) is 4.33. The van der Waals surface area contributed by atoms with E-state index in [9.17, 15) is 0 Å². The second-order valence-electron chi connectivity index (χ2n) is 5.64. The molecule has 110 valence electrons. The molecule has 2 unspecified atom stereocenters. The number of likely N-dealkylation sites (tertiary alicyclic amines) is 1. The van der Waals surface area contributed by atoms with E-state index in [0.29, 0.717) is 12.1 Å². The van der Waals surface area contributed by atoms with Crippen LogP contribution in [0.3, 0.4) is 0 Å². The Morgan fingerprint density at radius 1 is 1.30 bits per heavy atom. The molecule has 0 spiro atoms. The SMILES string of the molecule is Br.CC1CCCC(C)N1Cc1cn2ccc(Cl)cc2n1. The van der Waals surface area contributed by atoms with E-state index in [0.717, 1.165) is 22.9 Å². The maximum atomic E-state index is 6.00. The van der Waals surface area contributed by atoms with Gasteiger partial charge in [0.15, 0.2) is 0 Å². The molecular weight excluding hydrogens is 338 g/mol. The molecule has 3 rings (SSSR count). The molecule has 2 aromatic rings. The maximum absolute atomic E-state index is 6.00. The van der Waals surface area contributed by atoms with Crippen LogP contribution in [0.4, 0.5) is 0 Å². The number of aromatic nitrogens is 2. The number of halogens is 2. The third-order valence-corrected chi connectivity index (χ3v) is 4.43. The number of imidazole rings is 1. The fourth-order valence-electron chi connectivity index (χ4n) is 3.06. The van der Waals surface area contributed by atoms with E-state index in [-0.39, 0.29) is 17.0 Å². The number of rotatable bonds is 2. The molecule has 0 aromatic carbocycles. The number of piperidine rings is 1. The minimum atomic E-state index is 0. The topological polar surface area (TPSA) is 20.5 Å². The third kappa shape index (κ3) is 3.18. The molecule has 0 saturated carbocycles. The summed E-state index contributed by atoms with van der Waals surface area (Å²) in [6.45, 7) is 5.58. The summed E-state index contributed by atoms with van der Waals surface area (Å²) in [5, 5.41) is 0.740. The van der Waals surface area contributed by atoms with Gasteiger partial charge in [0.1, 0.15) is 5.65 Å². The molecule has 0 bridgehead atoms. The average Bonchev–Trinajstić information content (AvgIpc) is 2.75. The summed E-state index contributed by atoms with van der Waals surface area (Å²) in [6, 6.07) is 5.11. The Morgan fingerprint density at radius 2 is 2.00 bits per heavy atom. The summed E-state index contributed by atoms with van der Waals surface area (Å²) in [6.07, 6.45) is 8.02. The van der Waals surface area contributed by atoms with Crippen LogP contribution in [0.5, 0.6) is 0 Å². The van der Waals surface area contributed by atoms with E-state index < -0.39 is 0 Å². The van der Waals surface area contributed by atoms with Crippen molar-refractivity contribution in [3.05, 3.63) is 35.2 Å². The largest absolute Gasteiger partial charge is 0.307 e. The van der Waals surface area contributed by atoms with Crippen molar-refractivity contribution >= 4 is 34.2 Å². The zero-order valence-corrected chi connectivity index (χ0v) is 14.4. The Balaban J connectivity index is 0.00000147. The number of fused-ring (bicyclic) bond motifs is 1. The molecule has 5 heteroatoms. The summed E-state index contributed by atoms with van der Waals surface area (Å²) < 4.78 is 2.04. The van der Waals surface area contributed by atoms with Crippen molar-refractivity contribution < 1.29 is 0 Å². The molecule has 1 saturated heterocycles. The van der Waals surface area contributed by atoms with Gasteiger partial charge in [-0.3, -0.25) is 4.90 Å². The molecule has 1 aliphatic rings. The first-order chi connectivity index (χ1) is 9.13. The fourth-order valence-corrected chi connectivity index (χ4v) is 3.21. The van der Waals surface area contributed by atoms with Gasteiger partial charge in [0.25, 0.3) is 0 Å². The lowest BCUT2D eigenvalue weighted by Crippen LogP contribution is -2.43. The lowest BCUT2D eigenvalue weighted by Gasteiger charge is -2.38. The highest BCUT2D eigenvalue weighted by Gasteiger charge is 2.25. The van der Waals surface area contributed by atoms with Gasteiger partial charge >= 0.3 is 0 Å². The van der Waals surface area contributed by atoms with Crippen molar-refractivity contribution in [3.63, 3.8) is 0 Å². The molecule has 0 radical (unpaired) electrons. The number of hydrogen-bond donors (Lipinski definition) is 0. The van der Waals surface area contributed by atoms with E-state index in [2.05, 4.69) is 29.9 Å². The summed E-state index contributed by atoms with van der Waals surface area (Å²) in [5.41, 5.74) is 2.06. The molecule has 0 amide bonds. The summed E-state index contributed by atoms with van der Waals surface area (Å²) in [7, 11) is 0. The highest BCUT2D eigenvalue weighted by Crippen LogP contribution is 2.24. The predicted molar refractivity (Wildman–Crippen MR) is 88.8 cm³/mol. The van der Waals surface area contributed by atoms with Crippen LogP contribution in [0, 0.1) is 0 Å². The van der Waals surface area contributed by atoms with Gasteiger partial charge in [-0.15, -0.1) is 17.0 Å². The quantitative estimate of drug-likeness (QED) is 0.796. The molecule has 20 heavy (non-hydrogen) atoms. The molecule has 1 fully saturated rings. The Morgan fingerprint density at radius 3 is 2.70 bits per heavy atom. The van der Waals surface area contributed by atoms with Gasteiger partial charge in [0, 0.05) is 36.0 Å². The van der Waals surface area contributed by atoms with Crippen LogP contribution in [0.15, 0.2) is 24.5 Å². The van der Waals surface area contributed by atoms with Gasteiger partial charge in [0.05, 0.1) is 5.69 Å². The van der Waals surface area contributed by atoms with Gasteiger partial charge < -0.3 is 4.40 Å². The smallest absolute Gasteiger partial charge is 0.138 e. The van der Waals surface area contributed by atoms with Crippen molar-refractivity contribution in [2.45, 2.75) is 51.7 Å². The zero-order chi connectivity index (χ0) is 13.4. The first-order valence-corrected chi connectivity index (χ1v) is 7.40. The van der Waals surface area contributed by atoms with E-state index in [1.165, 1.54) is 19.3 Å². The Kier molecular flexibility index (Phi) is 5.10. The second-order valence-corrected chi connectivity index (χ2v) is 6.08. The van der Waals surface area contributed by atoms with Crippen LogP contribution in [0.1, 0.15) is 38.8 Å². The van der Waals surface area contributed by atoms with Crippen LogP contribution >= 0.6 is 28.6 Å². The normalized spacial score (nSPS) is 23.8. The van der Waals surface area contributed by atoms with Crippen molar-refractivity contribution in [3.8, 4) is 0 Å². The molecule has 1 aliphatic heterocycles. The minimum Gasteiger partial charge on any atom is -0.307 e. The van der Waals surface area contributed by atoms with Gasteiger partial charge in [-0.1, -0.05) is 18.0 Å². The molecule has 3 nitrogen and oxygen atoms in total. The van der Waals surface area contributed by atoms with Crippen molar-refractivity contribution in [2.24, 2.45) is 0 Å². The Hall–Kier alpha value is -0.580. The van der Waals surface area contributed by atoms with Crippen molar-refractivity contribution in [1.29, 1.82) is 0 Å². The van der Waals surface area contributed by atoms with Crippen LogP contribution < -0.4 is 0 Å². The van der Waals surface area contributed by atoms with E-state index in [1.807, 2.05) is 22.7 Å². The van der Waals surface area contributed by atoms with E-state index in [4.69, 9.17) is 11.6 Å². The van der Waals surface area contributed by atoms with Crippen LogP contribution in [-0.4, -0.2) is 26.4 Å². The highest BCUT2D eigenvalue weighted by molar-refractivity contribution is 8.93. The lowest BCUT2D eigenvalue weighted by atomic mass is 9.97. The number of nitrogens with zero attached hydrogens (tertiary/aromatic N) is 3. The van der Waals surface area contributed by atoms with Gasteiger partial charge in [-0.2, -0.15) is 0 Å². The molecule has 2 aromatic heterocycles. The first kappa shape index (κ1) is 15.8. The molecule has 0 aliphatic carbocycles. The van der Waals surface area contributed by atoms with E-state index in [1.54, 1.807) is 0 Å². The van der Waals surface area contributed by atoms with Crippen molar-refractivity contribution in [2.75, 3.05) is 0 Å². The summed E-state index contributed by atoms with van der Waals surface area (Å²) in [5.74, 6) is 0. The Bertz CT molecular complexity index is 574. The van der Waals surface area contributed by atoms with Gasteiger partial charge in [-0.05, 0) is 38.8 Å². The van der Waals surface area contributed by atoms with Crippen LogP contribution in [0.2, 0.25) is 5.02 Å². The number of pyridine rings is 1. The van der Waals surface area contributed by atoms with Gasteiger partial charge in [-0.25, -0.2) is 4.98 Å². The zero-order valence-electron chi connectivity index (χ0n) is 11.9. The molecular formula is C15H21BrClN3. The fraction of sp³-hybridized carbons (Fsp3) is 0.533. The van der Waals surface area contributed by atoms with Gasteiger partial charge in [0.2, 0.25) is 0 Å². The third-order valence-electron chi connectivity index (χ3n) is 4.19. The average molecular weight is 359 g/mol. The second kappa shape index (κ2) is 6.46. The first-order valence-electron chi connectivity index (χ1n) is 7.02. The number of hydrogen-bond acceptors (Lipinski definition) is 2. The summed E-state index contributed by atoms with van der Waals surface area (Å²) in [4.78, 5) is 7.24. The molecule has 3 heterocycles. The van der Waals surface area contributed by atoms with Crippen molar-refractivity contribution in [1.82, 2.24) is 14.3 Å². The lowest BCUT2D eigenvalue weighted by molar-refractivity contribution is 0.0940. The molecule has 0 N–H and O–H groups in total. The monoisotopic (exact) mass is 357 g/mol. The van der Waals surface area contributed by atoms with E-state index >= 15 is 0 Å². The summed E-state index contributed by atoms with van der Waals surface area (Å²) >= 11 is 6.00. The van der Waals surface area contributed by atoms with Crippen LogP contribution in [0.25, 0.3) is 5.65 Å². The van der Waals surface area contributed by atoms with Crippen LogP contribution in [-0.2, 0) is 6.54 Å².